The summed E-state index contributed by atoms with van der Waals surface area (Å²) in [6, 6.07) is 4.75. The van der Waals surface area contributed by atoms with E-state index >= 15 is 0 Å². The number of nitrogens with zero attached hydrogens (tertiary/aromatic N) is 1. The van der Waals surface area contributed by atoms with E-state index in [0.717, 1.165) is 34.9 Å². The molecule has 0 aliphatic heterocycles. The molecule has 1 heterocycles. The van der Waals surface area contributed by atoms with Crippen molar-refractivity contribution in [3.63, 3.8) is 0 Å². The van der Waals surface area contributed by atoms with Crippen LogP contribution in [0.2, 0.25) is 0 Å². The summed E-state index contributed by atoms with van der Waals surface area (Å²) in [6.45, 7) is 10.2. The molecule has 3 nitrogen and oxygen atoms in total. The number of rotatable bonds is 3. The van der Waals surface area contributed by atoms with Crippen molar-refractivity contribution in [3.8, 4) is 0 Å². The zero-order valence-corrected chi connectivity index (χ0v) is 13.5. The molecule has 1 fully saturated rings. The number of hydrogen-bond acceptors (Lipinski definition) is 2. The normalized spacial score (nSPS) is 15.0. The number of furan rings is 1. The number of hydrogen-bond donors (Lipinski definition) is 0. The Morgan fingerprint density at radius 2 is 1.81 bits per heavy atom. The third-order valence-corrected chi connectivity index (χ3v) is 4.41. The van der Waals surface area contributed by atoms with Gasteiger partial charge in [0.2, 0.25) is 0 Å². The number of aryl methyl sites for hydroxylation is 3. The maximum absolute atomic E-state index is 12.9. The number of carbonyl (C=O) groups is 1. The van der Waals surface area contributed by atoms with E-state index < -0.39 is 0 Å². The molecule has 2 aromatic rings. The van der Waals surface area contributed by atoms with Gasteiger partial charge in [-0.15, -0.1) is 0 Å². The molecular weight excluding hydrogens is 262 g/mol. The number of amides is 1. The minimum Gasteiger partial charge on any atom is -0.450 e. The molecule has 1 saturated carbocycles. The average molecular weight is 285 g/mol. The fourth-order valence-electron chi connectivity index (χ4n) is 3.17. The maximum atomic E-state index is 12.9. The molecule has 0 atom stereocenters. The van der Waals surface area contributed by atoms with E-state index in [-0.39, 0.29) is 11.9 Å². The number of benzene rings is 1. The summed E-state index contributed by atoms with van der Waals surface area (Å²) in [5, 5.41) is 1.10. The van der Waals surface area contributed by atoms with E-state index in [1.54, 1.807) is 0 Å². The molecule has 0 bridgehead atoms. The van der Waals surface area contributed by atoms with Gasteiger partial charge in [0, 0.05) is 23.0 Å². The largest absolute Gasteiger partial charge is 0.450 e. The molecule has 0 radical (unpaired) electrons. The van der Waals surface area contributed by atoms with Crippen molar-refractivity contribution in [3.05, 3.63) is 34.6 Å². The van der Waals surface area contributed by atoms with Crippen molar-refractivity contribution in [2.45, 2.75) is 59.5 Å². The topological polar surface area (TPSA) is 33.5 Å². The van der Waals surface area contributed by atoms with Crippen LogP contribution < -0.4 is 0 Å². The smallest absolute Gasteiger partial charge is 0.290 e. The summed E-state index contributed by atoms with van der Waals surface area (Å²) < 4.78 is 5.99. The second kappa shape index (κ2) is 4.90. The van der Waals surface area contributed by atoms with Gasteiger partial charge in [-0.3, -0.25) is 4.79 Å². The van der Waals surface area contributed by atoms with Gasteiger partial charge in [-0.05, 0) is 58.6 Å². The second-order valence-corrected chi connectivity index (χ2v) is 6.50. The molecule has 0 spiro atoms. The van der Waals surface area contributed by atoms with Crippen LogP contribution >= 0.6 is 0 Å². The van der Waals surface area contributed by atoms with E-state index in [1.165, 1.54) is 5.56 Å². The van der Waals surface area contributed by atoms with Crippen LogP contribution in [0.3, 0.4) is 0 Å². The van der Waals surface area contributed by atoms with E-state index in [2.05, 4.69) is 32.9 Å². The lowest BCUT2D eigenvalue weighted by molar-refractivity contribution is 0.0659. The molecule has 0 N–H and O–H groups in total. The number of fused-ring (bicyclic) bond motifs is 1. The molecule has 0 saturated heterocycles. The van der Waals surface area contributed by atoms with Crippen LogP contribution in [0.25, 0.3) is 11.0 Å². The van der Waals surface area contributed by atoms with Gasteiger partial charge in [-0.2, -0.15) is 0 Å². The van der Waals surface area contributed by atoms with Crippen molar-refractivity contribution in [2.75, 3.05) is 0 Å². The summed E-state index contributed by atoms with van der Waals surface area (Å²) in [5.74, 6) is 0.558. The van der Waals surface area contributed by atoms with E-state index in [0.29, 0.717) is 11.8 Å². The van der Waals surface area contributed by atoms with Gasteiger partial charge < -0.3 is 9.32 Å². The SMILES string of the molecule is Cc1ccc(C)c2c(C)c(C(=O)N(C(C)C)C3CC3)oc12. The molecule has 112 valence electrons. The van der Waals surface area contributed by atoms with Crippen molar-refractivity contribution < 1.29 is 9.21 Å². The molecule has 0 unspecified atom stereocenters. The Balaban J connectivity index is 2.12. The van der Waals surface area contributed by atoms with Gasteiger partial charge in [0.1, 0.15) is 5.58 Å². The highest BCUT2D eigenvalue weighted by Gasteiger charge is 2.37. The van der Waals surface area contributed by atoms with E-state index in [9.17, 15) is 4.79 Å². The minimum absolute atomic E-state index is 0.0417. The predicted octanol–water partition coefficient (Wildman–Crippen LogP) is 4.37. The second-order valence-electron chi connectivity index (χ2n) is 6.50. The molecule has 1 amide bonds. The standard InChI is InChI=1S/C18H23NO2/c1-10(2)19(14-8-9-14)18(20)17-13(5)15-11(3)6-7-12(4)16(15)21-17/h6-7,10,14H,8-9H2,1-5H3. The molecule has 1 aromatic heterocycles. The molecule has 3 rings (SSSR count). The lowest BCUT2D eigenvalue weighted by Crippen LogP contribution is -2.38. The molecule has 21 heavy (non-hydrogen) atoms. The lowest BCUT2D eigenvalue weighted by atomic mass is 10.0. The zero-order chi connectivity index (χ0) is 15.3. The molecule has 1 aliphatic rings. The van der Waals surface area contributed by atoms with Crippen LogP contribution in [0.4, 0.5) is 0 Å². The highest BCUT2D eigenvalue weighted by atomic mass is 16.3. The first-order valence-corrected chi connectivity index (χ1v) is 7.73. The summed E-state index contributed by atoms with van der Waals surface area (Å²) >= 11 is 0. The van der Waals surface area contributed by atoms with Gasteiger partial charge in [0.25, 0.3) is 5.91 Å². The van der Waals surface area contributed by atoms with Crippen LogP contribution in [0.15, 0.2) is 16.5 Å². The molecule has 1 aliphatic carbocycles. The third-order valence-electron chi connectivity index (χ3n) is 4.41. The summed E-state index contributed by atoms with van der Waals surface area (Å²) in [5.41, 5.74) is 4.08. The summed E-state index contributed by atoms with van der Waals surface area (Å²) in [4.78, 5) is 14.9. The summed E-state index contributed by atoms with van der Waals surface area (Å²) in [7, 11) is 0. The van der Waals surface area contributed by atoms with Crippen molar-refractivity contribution in [1.29, 1.82) is 0 Å². The monoisotopic (exact) mass is 285 g/mol. The first-order chi connectivity index (χ1) is 9.91. The predicted molar refractivity (Wildman–Crippen MR) is 84.8 cm³/mol. The molecule has 3 heteroatoms. The van der Waals surface area contributed by atoms with Crippen LogP contribution in [-0.4, -0.2) is 22.9 Å². The van der Waals surface area contributed by atoms with Gasteiger partial charge >= 0.3 is 0 Å². The van der Waals surface area contributed by atoms with Crippen LogP contribution in [0.5, 0.6) is 0 Å². The lowest BCUT2D eigenvalue weighted by Gasteiger charge is -2.25. The maximum Gasteiger partial charge on any atom is 0.290 e. The van der Waals surface area contributed by atoms with Crippen molar-refractivity contribution in [1.82, 2.24) is 4.90 Å². The van der Waals surface area contributed by atoms with Gasteiger partial charge in [0.05, 0.1) is 0 Å². The minimum atomic E-state index is 0.0417. The quantitative estimate of drug-likeness (QED) is 0.839. The Morgan fingerprint density at radius 3 is 2.33 bits per heavy atom. The molecule has 1 aromatic carbocycles. The third kappa shape index (κ3) is 2.25. The van der Waals surface area contributed by atoms with Gasteiger partial charge in [-0.25, -0.2) is 0 Å². The van der Waals surface area contributed by atoms with Crippen molar-refractivity contribution in [2.24, 2.45) is 0 Å². The van der Waals surface area contributed by atoms with Crippen LogP contribution in [-0.2, 0) is 0 Å². The highest BCUT2D eigenvalue weighted by Crippen LogP contribution is 2.35. The fourth-order valence-corrected chi connectivity index (χ4v) is 3.17. The number of carbonyl (C=O) groups excluding carboxylic acids is 1. The Bertz CT molecular complexity index is 706. The average Bonchev–Trinajstić information content (AvgIpc) is 3.16. The van der Waals surface area contributed by atoms with Crippen molar-refractivity contribution >= 4 is 16.9 Å². The van der Waals surface area contributed by atoms with Crippen LogP contribution in [0, 0.1) is 20.8 Å². The Labute approximate surface area is 125 Å². The fraction of sp³-hybridized carbons (Fsp3) is 0.500. The van der Waals surface area contributed by atoms with E-state index in [1.807, 2.05) is 18.7 Å². The van der Waals surface area contributed by atoms with Crippen LogP contribution in [0.1, 0.15) is 53.9 Å². The van der Waals surface area contributed by atoms with Gasteiger partial charge in [0.15, 0.2) is 5.76 Å². The Hall–Kier alpha value is -1.77. The zero-order valence-electron chi connectivity index (χ0n) is 13.5. The first kappa shape index (κ1) is 14.2. The van der Waals surface area contributed by atoms with E-state index in [4.69, 9.17) is 4.42 Å². The highest BCUT2D eigenvalue weighted by molar-refractivity contribution is 6.00. The Morgan fingerprint density at radius 1 is 1.19 bits per heavy atom. The Kier molecular flexibility index (Phi) is 3.31. The first-order valence-electron chi connectivity index (χ1n) is 7.73. The van der Waals surface area contributed by atoms with Gasteiger partial charge in [-0.1, -0.05) is 12.1 Å². The summed E-state index contributed by atoms with van der Waals surface area (Å²) in [6.07, 6.45) is 2.22. The molecular formula is C18H23NO2.